The second-order valence-electron chi connectivity index (χ2n) is 2.09. The number of phenolic OH excluding ortho intramolecular Hbond substituents is 1. The van der Waals surface area contributed by atoms with Gasteiger partial charge in [-0.25, -0.2) is 0 Å². The van der Waals surface area contributed by atoms with Gasteiger partial charge in [0, 0.05) is 3.57 Å². The number of phenols is 1. The van der Waals surface area contributed by atoms with Gasteiger partial charge in [0.1, 0.15) is 10.6 Å². The van der Waals surface area contributed by atoms with Crippen molar-refractivity contribution in [1.82, 2.24) is 0 Å². The van der Waals surface area contributed by atoms with Gasteiger partial charge >= 0.3 is 0 Å². The van der Waals surface area contributed by atoms with Crippen LogP contribution in [0.5, 0.6) is 5.75 Å². The van der Waals surface area contributed by atoms with Gasteiger partial charge in [-0.05, 0) is 40.8 Å². The van der Waals surface area contributed by atoms with Crippen LogP contribution in [0.1, 0.15) is 0 Å². The van der Waals surface area contributed by atoms with Crippen molar-refractivity contribution in [1.29, 1.82) is 0 Å². The molecule has 1 rings (SSSR count). The zero-order valence-corrected chi connectivity index (χ0v) is 8.70. The van der Waals surface area contributed by atoms with E-state index < -0.39 is 10.1 Å². The Kier molecular flexibility index (Phi) is 2.59. The molecule has 0 spiro atoms. The summed E-state index contributed by atoms with van der Waals surface area (Å²) in [7, 11) is -4.17. The van der Waals surface area contributed by atoms with Gasteiger partial charge in [-0.15, -0.1) is 0 Å². The summed E-state index contributed by atoms with van der Waals surface area (Å²) >= 11 is 1.71. The van der Waals surface area contributed by atoms with Crippen LogP contribution in [0.25, 0.3) is 0 Å². The Bertz CT molecular complexity index is 398. The average Bonchev–Trinajstić information content (AvgIpc) is 1.83. The lowest BCUT2D eigenvalue weighted by Crippen LogP contribution is -1.99. The first-order chi connectivity index (χ1) is 5.41. The molecule has 12 heavy (non-hydrogen) atoms. The van der Waals surface area contributed by atoms with Crippen LogP contribution >= 0.6 is 22.6 Å². The standard InChI is InChI=1S/C6H5IO4S/c7-5-3-4(8)1-2-6(5)12(9,10)11/h1-3,8H,(H,9,10,11). The lowest BCUT2D eigenvalue weighted by Gasteiger charge is -1.99. The Hall–Kier alpha value is -0.340. The molecule has 1 aromatic carbocycles. The number of aromatic hydroxyl groups is 1. The van der Waals surface area contributed by atoms with Crippen molar-refractivity contribution in [2.24, 2.45) is 0 Å². The third kappa shape index (κ3) is 2.08. The molecule has 0 aliphatic carbocycles. The summed E-state index contributed by atoms with van der Waals surface area (Å²) in [4.78, 5) is -0.194. The quantitative estimate of drug-likeness (QED) is 0.604. The Morgan fingerprint density at radius 3 is 2.33 bits per heavy atom. The Balaban J connectivity index is 3.39. The molecule has 4 nitrogen and oxygen atoms in total. The monoisotopic (exact) mass is 300 g/mol. The van der Waals surface area contributed by atoms with Crippen LogP contribution in [-0.2, 0) is 10.1 Å². The van der Waals surface area contributed by atoms with Gasteiger partial charge < -0.3 is 5.11 Å². The van der Waals surface area contributed by atoms with E-state index in [9.17, 15) is 8.42 Å². The van der Waals surface area contributed by atoms with Crippen LogP contribution in [0, 0.1) is 3.57 Å². The molecule has 0 aromatic heterocycles. The molecule has 2 N–H and O–H groups in total. The highest BCUT2D eigenvalue weighted by Crippen LogP contribution is 2.21. The molecule has 0 saturated heterocycles. The maximum absolute atomic E-state index is 10.6. The maximum atomic E-state index is 10.6. The molecule has 0 radical (unpaired) electrons. The second kappa shape index (κ2) is 3.19. The van der Waals surface area contributed by atoms with Crippen LogP contribution in [0.15, 0.2) is 23.1 Å². The molecular weight excluding hydrogens is 295 g/mol. The Labute approximate surface area is 83.1 Å². The minimum absolute atomic E-state index is 0.0354. The molecule has 1 aromatic rings. The molecule has 0 atom stereocenters. The zero-order valence-electron chi connectivity index (χ0n) is 5.73. The van der Waals surface area contributed by atoms with Crippen molar-refractivity contribution in [3.8, 4) is 5.75 Å². The number of hydrogen-bond acceptors (Lipinski definition) is 3. The molecular formula is C6H5IO4S. The largest absolute Gasteiger partial charge is 0.508 e. The minimum atomic E-state index is -4.17. The van der Waals surface area contributed by atoms with E-state index in [0.29, 0.717) is 0 Å². The lowest BCUT2D eigenvalue weighted by atomic mass is 10.3. The Morgan fingerprint density at radius 1 is 1.33 bits per heavy atom. The molecule has 6 heteroatoms. The second-order valence-corrected chi connectivity index (χ2v) is 4.64. The van der Waals surface area contributed by atoms with Gasteiger partial charge in [-0.1, -0.05) is 0 Å². The van der Waals surface area contributed by atoms with Crippen LogP contribution in [0.2, 0.25) is 0 Å². The third-order valence-electron chi connectivity index (χ3n) is 1.19. The highest BCUT2D eigenvalue weighted by atomic mass is 127. The molecule has 0 heterocycles. The molecule has 0 saturated carbocycles. The van der Waals surface area contributed by atoms with Crippen LogP contribution in [-0.4, -0.2) is 18.1 Å². The fraction of sp³-hybridized carbons (Fsp3) is 0. The number of benzene rings is 1. The van der Waals surface area contributed by atoms with Crippen molar-refractivity contribution in [2.75, 3.05) is 0 Å². The predicted molar refractivity (Wildman–Crippen MR) is 50.6 cm³/mol. The summed E-state index contributed by atoms with van der Waals surface area (Å²) < 4.78 is 30.2. The van der Waals surface area contributed by atoms with Crippen molar-refractivity contribution >= 4 is 32.7 Å². The van der Waals surface area contributed by atoms with E-state index in [1.54, 1.807) is 22.6 Å². The van der Waals surface area contributed by atoms with E-state index in [1.165, 1.54) is 12.1 Å². The summed E-state index contributed by atoms with van der Waals surface area (Å²) in [6.07, 6.45) is 0. The summed E-state index contributed by atoms with van der Waals surface area (Å²) in [6, 6.07) is 3.60. The van der Waals surface area contributed by atoms with E-state index in [-0.39, 0.29) is 14.2 Å². The molecule has 0 aliphatic rings. The lowest BCUT2D eigenvalue weighted by molar-refractivity contribution is 0.472. The third-order valence-corrected chi connectivity index (χ3v) is 3.36. The van der Waals surface area contributed by atoms with Crippen molar-refractivity contribution in [2.45, 2.75) is 4.90 Å². The fourth-order valence-electron chi connectivity index (χ4n) is 0.699. The molecule has 0 bridgehead atoms. The van der Waals surface area contributed by atoms with Gasteiger partial charge in [-0.2, -0.15) is 8.42 Å². The van der Waals surface area contributed by atoms with Gasteiger partial charge in [0.2, 0.25) is 0 Å². The zero-order chi connectivity index (χ0) is 9.35. The molecule has 0 amide bonds. The fourth-order valence-corrected chi connectivity index (χ4v) is 2.58. The van der Waals surface area contributed by atoms with Crippen molar-refractivity contribution in [3.05, 3.63) is 21.8 Å². The number of rotatable bonds is 1. The maximum Gasteiger partial charge on any atom is 0.295 e. The summed E-state index contributed by atoms with van der Waals surface area (Å²) in [5.41, 5.74) is 0. The van der Waals surface area contributed by atoms with Gasteiger partial charge in [0.15, 0.2) is 0 Å². The van der Waals surface area contributed by atoms with E-state index in [1.807, 2.05) is 0 Å². The first-order valence-electron chi connectivity index (χ1n) is 2.87. The number of hydrogen-bond donors (Lipinski definition) is 2. The predicted octanol–water partition coefficient (Wildman–Crippen LogP) is 1.24. The SMILES string of the molecule is O=S(=O)(O)c1ccc(O)cc1I. The molecule has 0 unspecified atom stereocenters. The van der Waals surface area contributed by atoms with Crippen LogP contribution in [0.3, 0.4) is 0 Å². The van der Waals surface area contributed by atoms with Gasteiger partial charge in [0.05, 0.1) is 0 Å². The van der Waals surface area contributed by atoms with Crippen LogP contribution < -0.4 is 0 Å². The van der Waals surface area contributed by atoms with Crippen LogP contribution in [0.4, 0.5) is 0 Å². The summed E-state index contributed by atoms with van der Waals surface area (Å²) in [6.45, 7) is 0. The molecule has 66 valence electrons. The van der Waals surface area contributed by atoms with E-state index in [0.717, 1.165) is 6.07 Å². The smallest absolute Gasteiger partial charge is 0.295 e. The summed E-state index contributed by atoms with van der Waals surface area (Å²) in [5.74, 6) is -0.0354. The minimum Gasteiger partial charge on any atom is -0.508 e. The highest BCUT2D eigenvalue weighted by Gasteiger charge is 2.13. The topological polar surface area (TPSA) is 74.6 Å². The molecule has 0 fully saturated rings. The average molecular weight is 300 g/mol. The first-order valence-corrected chi connectivity index (χ1v) is 5.39. The van der Waals surface area contributed by atoms with Crippen molar-refractivity contribution in [3.63, 3.8) is 0 Å². The van der Waals surface area contributed by atoms with E-state index in [4.69, 9.17) is 9.66 Å². The van der Waals surface area contributed by atoms with E-state index >= 15 is 0 Å². The van der Waals surface area contributed by atoms with E-state index in [2.05, 4.69) is 0 Å². The first kappa shape index (κ1) is 9.75. The molecule has 0 aliphatic heterocycles. The highest BCUT2D eigenvalue weighted by molar-refractivity contribution is 14.1. The Morgan fingerprint density at radius 2 is 1.92 bits per heavy atom. The number of halogens is 1. The van der Waals surface area contributed by atoms with Gasteiger partial charge in [-0.3, -0.25) is 4.55 Å². The summed E-state index contributed by atoms with van der Waals surface area (Å²) in [5, 5.41) is 8.92. The normalized spacial score (nSPS) is 11.5. The van der Waals surface area contributed by atoms with Crippen molar-refractivity contribution < 1.29 is 18.1 Å². The van der Waals surface area contributed by atoms with Gasteiger partial charge in [0.25, 0.3) is 10.1 Å².